The lowest BCUT2D eigenvalue weighted by atomic mass is 9.78. The van der Waals surface area contributed by atoms with Gasteiger partial charge < -0.3 is 5.32 Å². The summed E-state index contributed by atoms with van der Waals surface area (Å²) in [6.45, 7) is 7.81. The molecule has 2 fully saturated rings. The van der Waals surface area contributed by atoms with Crippen LogP contribution >= 0.6 is 11.6 Å². The summed E-state index contributed by atoms with van der Waals surface area (Å²) < 4.78 is 0. The molecule has 18 heavy (non-hydrogen) atoms. The summed E-state index contributed by atoms with van der Waals surface area (Å²) in [6, 6.07) is 0.653. The van der Waals surface area contributed by atoms with Crippen molar-refractivity contribution < 1.29 is 0 Å². The monoisotopic (exact) mass is 270 g/mol. The molecule has 1 atom stereocenters. The molecule has 104 valence electrons. The fraction of sp³-hybridized carbons (Fsp3) is 0.867. The van der Waals surface area contributed by atoms with E-state index in [1.54, 1.807) is 5.54 Å². The zero-order valence-corrected chi connectivity index (χ0v) is 12.6. The first-order valence-corrected chi connectivity index (χ1v) is 7.88. The number of nitrogens with one attached hydrogen (secondary N) is 1. The fourth-order valence-corrected chi connectivity index (χ4v) is 3.58. The van der Waals surface area contributed by atoms with Gasteiger partial charge in [-0.05, 0) is 31.8 Å². The lowest BCUT2D eigenvalue weighted by molar-refractivity contribution is 0.0168. The van der Waals surface area contributed by atoms with Crippen LogP contribution in [-0.2, 0) is 0 Å². The molecule has 1 aliphatic heterocycles. The molecule has 1 N–H and O–H groups in total. The molecule has 0 aromatic heterocycles. The van der Waals surface area contributed by atoms with Crippen molar-refractivity contribution in [2.24, 2.45) is 0 Å². The van der Waals surface area contributed by atoms with E-state index in [4.69, 9.17) is 11.6 Å². The van der Waals surface area contributed by atoms with Gasteiger partial charge in [0.1, 0.15) is 0 Å². The van der Waals surface area contributed by atoms with Crippen molar-refractivity contribution in [2.75, 3.05) is 19.6 Å². The van der Waals surface area contributed by atoms with Gasteiger partial charge >= 0.3 is 0 Å². The van der Waals surface area contributed by atoms with E-state index in [2.05, 4.69) is 24.1 Å². The SMILES string of the molecule is CCC1CN(CC(C)=CCl)C2(CCCCC2)CN1. The number of nitrogens with zero attached hydrogens (tertiary/aromatic N) is 1. The van der Waals surface area contributed by atoms with Crippen molar-refractivity contribution in [3.63, 3.8) is 0 Å². The number of piperazine rings is 1. The van der Waals surface area contributed by atoms with E-state index in [1.165, 1.54) is 57.2 Å². The lowest BCUT2D eigenvalue weighted by Crippen LogP contribution is -2.65. The first-order chi connectivity index (χ1) is 8.70. The Labute approximate surface area is 117 Å². The summed E-state index contributed by atoms with van der Waals surface area (Å²) in [7, 11) is 0. The van der Waals surface area contributed by atoms with Gasteiger partial charge in [0, 0.05) is 36.8 Å². The molecule has 1 unspecified atom stereocenters. The first-order valence-electron chi connectivity index (χ1n) is 7.44. The Hall–Kier alpha value is -0.0500. The Morgan fingerprint density at radius 3 is 2.72 bits per heavy atom. The minimum Gasteiger partial charge on any atom is -0.311 e. The number of halogens is 1. The van der Waals surface area contributed by atoms with Crippen LogP contribution in [0.5, 0.6) is 0 Å². The van der Waals surface area contributed by atoms with Gasteiger partial charge in [-0.1, -0.05) is 37.8 Å². The molecule has 2 aliphatic rings. The Bertz CT molecular complexity index is 295. The molecule has 0 bridgehead atoms. The predicted molar refractivity (Wildman–Crippen MR) is 79.1 cm³/mol. The van der Waals surface area contributed by atoms with Crippen molar-refractivity contribution in [3.05, 3.63) is 11.1 Å². The lowest BCUT2D eigenvalue weighted by Gasteiger charge is -2.52. The molecule has 0 aromatic rings. The predicted octanol–water partition coefficient (Wildman–Crippen LogP) is 3.52. The third-order valence-corrected chi connectivity index (χ3v) is 5.11. The van der Waals surface area contributed by atoms with Gasteiger partial charge in [0.25, 0.3) is 0 Å². The smallest absolute Gasteiger partial charge is 0.0338 e. The van der Waals surface area contributed by atoms with Crippen LogP contribution in [0.1, 0.15) is 52.4 Å². The topological polar surface area (TPSA) is 15.3 Å². The summed E-state index contributed by atoms with van der Waals surface area (Å²) >= 11 is 5.86. The van der Waals surface area contributed by atoms with Crippen molar-refractivity contribution >= 4 is 11.6 Å². The zero-order valence-electron chi connectivity index (χ0n) is 11.8. The number of rotatable bonds is 3. The molecular weight excluding hydrogens is 244 g/mol. The van der Waals surface area contributed by atoms with E-state index in [1.807, 2.05) is 0 Å². The molecule has 2 nitrogen and oxygen atoms in total. The summed E-state index contributed by atoms with van der Waals surface area (Å²) in [6.07, 6.45) is 8.11. The standard InChI is InChI=1S/C15H27ClN2/c1-3-14-11-18(10-13(2)9-16)15(12-17-14)7-5-4-6-8-15/h9,14,17H,3-8,10-12H2,1-2H3. The molecule has 3 heteroatoms. The van der Waals surface area contributed by atoms with E-state index in [0.717, 1.165) is 6.54 Å². The maximum atomic E-state index is 5.86. The van der Waals surface area contributed by atoms with Gasteiger partial charge in [0.15, 0.2) is 0 Å². The highest BCUT2D eigenvalue weighted by Crippen LogP contribution is 2.36. The van der Waals surface area contributed by atoms with Crippen LogP contribution in [-0.4, -0.2) is 36.1 Å². The van der Waals surface area contributed by atoms with Crippen LogP contribution < -0.4 is 5.32 Å². The van der Waals surface area contributed by atoms with Crippen molar-refractivity contribution in [2.45, 2.75) is 64.0 Å². The second-order valence-corrected chi connectivity index (χ2v) is 6.33. The maximum absolute atomic E-state index is 5.86. The van der Waals surface area contributed by atoms with Crippen LogP contribution in [0, 0.1) is 0 Å². The molecule has 1 saturated heterocycles. The van der Waals surface area contributed by atoms with Gasteiger partial charge in [-0.2, -0.15) is 0 Å². The highest BCUT2D eigenvalue weighted by Gasteiger charge is 2.41. The van der Waals surface area contributed by atoms with Crippen LogP contribution in [0.15, 0.2) is 11.1 Å². The third kappa shape index (κ3) is 3.09. The molecule has 0 radical (unpaired) electrons. The number of hydrogen-bond donors (Lipinski definition) is 1. The van der Waals surface area contributed by atoms with Crippen molar-refractivity contribution in [3.8, 4) is 0 Å². The van der Waals surface area contributed by atoms with Crippen molar-refractivity contribution in [1.29, 1.82) is 0 Å². The molecule has 0 amide bonds. The van der Waals surface area contributed by atoms with Crippen LogP contribution in [0.2, 0.25) is 0 Å². The van der Waals surface area contributed by atoms with E-state index in [0.29, 0.717) is 11.6 Å². The quantitative estimate of drug-likeness (QED) is 0.844. The summed E-state index contributed by atoms with van der Waals surface area (Å²) in [5.74, 6) is 0. The normalized spacial score (nSPS) is 29.7. The molecule has 2 rings (SSSR count). The Morgan fingerprint density at radius 1 is 1.39 bits per heavy atom. The Morgan fingerprint density at radius 2 is 2.11 bits per heavy atom. The maximum Gasteiger partial charge on any atom is 0.0338 e. The zero-order chi connectivity index (χ0) is 13.0. The average Bonchev–Trinajstić information content (AvgIpc) is 2.42. The van der Waals surface area contributed by atoms with Gasteiger partial charge in [-0.3, -0.25) is 4.90 Å². The molecule has 1 saturated carbocycles. The van der Waals surface area contributed by atoms with Crippen molar-refractivity contribution in [1.82, 2.24) is 10.2 Å². The molecule has 1 heterocycles. The van der Waals surface area contributed by atoms with Gasteiger partial charge in [-0.15, -0.1) is 0 Å². The fourth-order valence-electron chi connectivity index (χ4n) is 3.51. The van der Waals surface area contributed by atoms with E-state index in [9.17, 15) is 0 Å². The van der Waals surface area contributed by atoms with E-state index >= 15 is 0 Å². The second-order valence-electron chi connectivity index (χ2n) is 6.11. The highest BCUT2D eigenvalue weighted by molar-refractivity contribution is 6.25. The van der Waals surface area contributed by atoms with Crippen LogP contribution in [0.25, 0.3) is 0 Å². The minimum atomic E-state index is 0.408. The van der Waals surface area contributed by atoms with E-state index < -0.39 is 0 Å². The highest BCUT2D eigenvalue weighted by atomic mass is 35.5. The van der Waals surface area contributed by atoms with Crippen LogP contribution in [0.3, 0.4) is 0 Å². The summed E-state index contributed by atoms with van der Waals surface area (Å²) in [4.78, 5) is 2.71. The van der Waals surface area contributed by atoms with Gasteiger partial charge in [0.2, 0.25) is 0 Å². The van der Waals surface area contributed by atoms with E-state index in [-0.39, 0.29) is 0 Å². The average molecular weight is 271 g/mol. The first kappa shape index (κ1) is 14.4. The molecule has 1 aliphatic carbocycles. The summed E-state index contributed by atoms with van der Waals surface area (Å²) in [5, 5.41) is 3.76. The van der Waals surface area contributed by atoms with Crippen LogP contribution in [0.4, 0.5) is 0 Å². The molecule has 0 aromatic carbocycles. The molecule has 1 spiro atoms. The largest absolute Gasteiger partial charge is 0.311 e. The number of hydrogen-bond acceptors (Lipinski definition) is 2. The summed E-state index contributed by atoms with van der Waals surface area (Å²) in [5.41, 5.74) is 3.45. The molecular formula is C15H27ClN2. The Balaban J connectivity index is 2.10. The second kappa shape index (κ2) is 6.40. The van der Waals surface area contributed by atoms with Gasteiger partial charge in [-0.25, -0.2) is 0 Å². The Kier molecular flexibility index (Phi) is 5.11. The van der Waals surface area contributed by atoms with Gasteiger partial charge in [0.05, 0.1) is 0 Å². The minimum absolute atomic E-state index is 0.408. The third-order valence-electron chi connectivity index (χ3n) is 4.73.